The number of nitrogens with one attached hydrogen (secondary N) is 2. The molecule has 1 aromatic rings. The first kappa shape index (κ1) is 23.6. The van der Waals surface area contributed by atoms with Crippen molar-refractivity contribution in [3.8, 4) is 0 Å². The Kier molecular flexibility index (Phi) is 9.20. The smallest absolute Gasteiger partial charge is 0.191 e. The molecular formula is C15H28IN3O3S2. The number of guanidine groups is 1. The van der Waals surface area contributed by atoms with E-state index in [4.69, 9.17) is 0 Å². The van der Waals surface area contributed by atoms with Gasteiger partial charge < -0.3 is 15.7 Å². The third-order valence-corrected chi connectivity index (χ3v) is 6.53. The molecule has 0 bridgehead atoms. The molecule has 24 heavy (non-hydrogen) atoms. The molecule has 1 unspecified atom stereocenters. The molecule has 3 N–H and O–H groups in total. The summed E-state index contributed by atoms with van der Waals surface area (Å²) in [6.45, 7) is 8.01. The molecule has 1 heterocycles. The summed E-state index contributed by atoms with van der Waals surface area (Å²) in [6.07, 6.45) is 1.21. The molecule has 0 aliphatic heterocycles. The van der Waals surface area contributed by atoms with E-state index in [1.807, 2.05) is 23.8 Å². The Morgan fingerprint density at radius 1 is 1.33 bits per heavy atom. The second kappa shape index (κ2) is 9.35. The van der Waals surface area contributed by atoms with Gasteiger partial charge in [0.05, 0.1) is 17.8 Å². The molecule has 0 aliphatic carbocycles. The lowest BCUT2D eigenvalue weighted by molar-refractivity contribution is 0.0621. The van der Waals surface area contributed by atoms with Crippen LogP contribution < -0.4 is 10.6 Å². The van der Waals surface area contributed by atoms with Gasteiger partial charge in [-0.1, -0.05) is 0 Å². The van der Waals surface area contributed by atoms with Crippen molar-refractivity contribution in [2.45, 2.75) is 38.0 Å². The maximum absolute atomic E-state index is 11.7. The van der Waals surface area contributed by atoms with Crippen molar-refractivity contribution in [3.05, 3.63) is 22.4 Å². The van der Waals surface area contributed by atoms with Gasteiger partial charge in [0.2, 0.25) is 0 Å². The van der Waals surface area contributed by atoms with Crippen molar-refractivity contribution in [3.63, 3.8) is 0 Å². The maximum atomic E-state index is 11.7. The summed E-state index contributed by atoms with van der Waals surface area (Å²) in [5.41, 5.74) is -0.190. The van der Waals surface area contributed by atoms with Crippen LogP contribution in [-0.4, -0.2) is 50.1 Å². The molecule has 0 saturated carbocycles. The van der Waals surface area contributed by atoms with E-state index in [1.54, 1.807) is 20.8 Å². The molecular weight excluding hydrogens is 461 g/mol. The van der Waals surface area contributed by atoms with Gasteiger partial charge in [0.15, 0.2) is 15.8 Å². The molecule has 0 fully saturated rings. The second-order valence-corrected chi connectivity index (χ2v) is 9.80. The van der Waals surface area contributed by atoms with Crippen molar-refractivity contribution < 1.29 is 13.5 Å². The number of aliphatic hydroxyl groups is 1. The fraction of sp³-hybridized carbons (Fsp3) is 0.667. The quantitative estimate of drug-likeness (QED) is 0.310. The Morgan fingerprint density at radius 2 is 1.96 bits per heavy atom. The Morgan fingerprint density at radius 3 is 2.42 bits per heavy atom. The molecule has 6 nitrogen and oxygen atoms in total. The largest absolute Gasteiger partial charge is 0.384 e. The first-order chi connectivity index (χ1) is 10.5. The first-order valence-electron chi connectivity index (χ1n) is 7.46. The minimum absolute atomic E-state index is 0. The van der Waals surface area contributed by atoms with Crippen LogP contribution in [0.3, 0.4) is 0 Å². The molecule has 140 valence electrons. The lowest BCUT2D eigenvalue weighted by atomic mass is 9.99. The first-order valence-corrected chi connectivity index (χ1v) is 10.3. The monoisotopic (exact) mass is 489 g/mol. The molecule has 1 aromatic heterocycles. The summed E-state index contributed by atoms with van der Waals surface area (Å²) in [6, 6.07) is 1.88. The fourth-order valence-electron chi connectivity index (χ4n) is 1.66. The van der Waals surface area contributed by atoms with Gasteiger partial charge in [-0.2, -0.15) is 11.3 Å². The zero-order chi connectivity index (χ0) is 17.7. The minimum atomic E-state index is -3.20. The van der Waals surface area contributed by atoms with E-state index >= 15 is 0 Å². The normalized spacial score (nSPS) is 15.3. The fourth-order valence-corrected chi connectivity index (χ4v) is 2.74. The van der Waals surface area contributed by atoms with Gasteiger partial charge in [0.1, 0.15) is 5.60 Å². The van der Waals surface area contributed by atoms with Crippen molar-refractivity contribution in [2.24, 2.45) is 4.99 Å². The predicted molar refractivity (Wildman–Crippen MR) is 112 cm³/mol. The third-order valence-electron chi connectivity index (χ3n) is 3.71. The lowest BCUT2D eigenvalue weighted by Gasteiger charge is -2.25. The molecule has 0 amide bonds. The Balaban J connectivity index is 0.00000529. The maximum Gasteiger partial charge on any atom is 0.191 e. The number of sulfone groups is 1. The molecule has 0 spiro atoms. The average Bonchev–Trinajstić information content (AvgIpc) is 2.95. The van der Waals surface area contributed by atoms with Gasteiger partial charge >= 0.3 is 0 Å². The number of thiophene rings is 1. The molecule has 1 rings (SSSR count). The minimum Gasteiger partial charge on any atom is -0.384 e. The zero-order valence-electron chi connectivity index (χ0n) is 14.8. The highest BCUT2D eigenvalue weighted by molar-refractivity contribution is 14.0. The topological polar surface area (TPSA) is 90.8 Å². The molecule has 0 aliphatic rings. The van der Waals surface area contributed by atoms with Crippen molar-refractivity contribution in [1.29, 1.82) is 0 Å². The van der Waals surface area contributed by atoms with Crippen LogP contribution in [0, 0.1) is 0 Å². The summed E-state index contributed by atoms with van der Waals surface area (Å²) in [5, 5.41) is 20.5. The van der Waals surface area contributed by atoms with Crippen LogP contribution >= 0.6 is 35.3 Å². The van der Waals surface area contributed by atoms with Gasteiger partial charge in [0.25, 0.3) is 0 Å². The van der Waals surface area contributed by atoms with E-state index in [-0.39, 0.29) is 37.1 Å². The Hall–Kier alpha value is -0.390. The van der Waals surface area contributed by atoms with Crippen LogP contribution in [0.25, 0.3) is 0 Å². The second-order valence-electron chi connectivity index (χ2n) is 6.37. The van der Waals surface area contributed by atoms with E-state index < -0.39 is 20.2 Å². The molecule has 1 atom stereocenters. The summed E-state index contributed by atoms with van der Waals surface area (Å²) in [5.74, 6) is 0.486. The number of rotatable bonds is 7. The number of hydrogen-bond donors (Lipinski definition) is 3. The molecule has 0 aromatic carbocycles. The van der Waals surface area contributed by atoms with E-state index in [0.29, 0.717) is 12.5 Å². The lowest BCUT2D eigenvalue weighted by Crippen LogP contribution is -2.45. The zero-order valence-corrected chi connectivity index (χ0v) is 18.8. The summed E-state index contributed by atoms with van der Waals surface area (Å²) >= 11 is 1.53. The molecule has 0 saturated heterocycles. The van der Waals surface area contributed by atoms with Gasteiger partial charge in [-0.05, 0) is 50.1 Å². The number of aliphatic imine (C=N–C) groups is 1. The van der Waals surface area contributed by atoms with Crippen LogP contribution in [0.2, 0.25) is 0 Å². The average molecular weight is 489 g/mol. The van der Waals surface area contributed by atoms with E-state index in [1.165, 1.54) is 17.6 Å². The highest BCUT2D eigenvalue weighted by atomic mass is 127. The van der Waals surface area contributed by atoms with Crippen molar-refractivity contribution in [2.75, 3.05) is 25.9 Å². The van der Waals surface area contributed by atoms with E-state index in [9.17, 15) is 13.5 Å². The van der Waals surface area contributed by atoms with E-state index in [0.717, 1.165) is 5.56 Å². The summed E-state index contributed by atoms with van der Waals surface area (Å²) in [4.78, 5) is 4.34. The van der Waals surface area contributed by atoms with Crippen LogP contribution in [-0.2, 0) is 15.4 Å². The summed E-state index contributed by atoms with van der Waals surface area (Å²) < 4.78 is 22.6. The summed E-state index contributed by atoms with van der Waals surface area (Å²) in [7, 11) is -3.20. The highest BCUT2D eigenvalue weighted by Crippen LogP contribution is 2.22. The standard InChI is InChI=1S/C15H27N3O3S2.HI/c1-6-16-13(17-10-14(2,3)23(5,20)21)18-11-15(4,19)12-7-8-22-9-12;/h7-9,19H,6,10-11H2,1-5H3,(H2,16,17,18);1H. The Labute approximate surface area is 166 Å². The van der Waals surface area contributed by atoms with Gasteiger partial charge in [-0.25, -0.2) is 8.42 Å². The third kappa shape index (κ3) is 6.85. The van der Waals surface area contributed by atoms with Crippen LogP contribution in [0.15, 0.2) is 21.8 Å². The van der Waals surface area contributed by atoms with Crippen LogP contribution in [0.1, 0.15) is 33.3 Å². The number of hydrogen-bond acceptors (Lipinski definition) is 5. The molecule has 9 heteroatoms. The van der Waals surface area contributed by atoms with Crippen molar-refractivity contribution in [1.82, 2.24) is 10.6 Å². The van der Waals surface area contributed by atoms with Gasteiger partial charge in [0, 0.05) is 12.8 Å². The number of nitrogens with zero attached hydrogens (tertiary/aromatic N) is 1. The number of halogens is 1. The van der Waals surface area contributed by atoms with Gasteiger partial charge in [-0.15, -0.1) is 24.0 Å². The van der Waals surface area contributed by atoms with Crippen molar-refractivity contribution >= 4 is 51.1 Å². The highest BCUT2D eigenvalue weighted by Gasteiger charge is 2.30. The van der Waals surface area contributed by atoms with Crippen LogP contribution in [0.5, 0.6) is 0 Å². The Bertz CT molecular complexity index is 626. The van der Waals surface area contributed by atoms with E-state index in [2.05, 4.69) is 15.6 Å². The van der Waals surface area contributed by atoms with Gasteiger partial charge in [-0.3, -0.25) is 4.99 Å². The molecule has 0 radical (unpaired) electrons. The van der Waals surface area contributed by atoms with Crippen LogP contribution in [0.4, 0.5) is 0 Å². The predicted octanol–water partition coefficient (Wildman–Crippen LogP) is 1.95. The SMILES string of the molecule is CCNC(=NCC(C)(C)S(C)(=O)=O)NCC(C)(O)c1ccsc1.I.